The summed E-state index contributed by atoms with van der Waals surface area (Å²) in [5, 5.41) is 7.25. The molecular formula is C12H13N5. The molecule has 5 heteroatoms. The zero-order valence-corrected chi connectivity index (χ0v) is 9.75. The van der Waals surface area contributed by atoms with Crippen LogP contribution in [0.15, 0.2) is 36.9 Å². The predicted octanol–water partition coefficient (Wildman–Crippen LogP) is 1.78. The Morgan fingerprint density at radius 1 is 1.29 bits per heavy atom. The van der Waals surface area contributed by atoms with Crippen LogP contribution in [0.1, 0.15) is 0 Å². The van der Waals surface area contributed by atoms with Crippen LogP contribution in [0.3, 0.4) is 0 Å². The normalized spacial score (nSPS) is 10.9. The Bertz CT molecular complexity index is 664. The fourth-order valence-corrected chi connectivity index (χ4v) is 1.83. The van der Waals surface area contributed by atoms with E-state index in [4.69, 9.17) is 0 Å². The lowest BCUT2D eigenvalue weighted by Gasteiger charge is -1.98. The molecule has 0 aliphatic rings. The van der Waals surface area contributed by atoms with Gasteiger partial charge in [0.05, 0.1) is 11.9 Å². The van der Waals surface area contributed by atoms with Crippen molar-refractivity contribution in [3.63, 3.8) is 0 Å². The summed E-state index contributed by atoms with van der Waals surface area (Å²) in [5.41, 5.74) is 3.95. The van der Waals surface area contributed by atoms with E-state index in [1.165, 1.54) is 0 Å². The first-order valence-electron chi connectivity index (χ1n) is 5.42. The maximum absolute atomic E-state index is 4.57. The molecule has 5 nitrogen and oxygen atoms in total. The number of hydrogen-bond acceptors (Lipinski definition) is 3. The fraction of sp³-hybridized carbons (Fsp3) is 0.167. The van der Waals surface area contributed by atoms with Gasteiger partial charge in [0.2, 0.25) is 0 Å². The van der Waals surface area contributed by atoms with Crippen LogP contribution in [0, 0.1) is 0 Å². The molecule has 86 valence electrons. The summed E-state index contributed by atoms with van der Waals surface area (Å²) in [6.07, 6.45) is 7.78. The van der Waals surface area contributed by atoms with Gasteiger partial charge < -0.3 is 9.72 Å². The summed E-state index contributed by atoms with van der Waals surface area (Å²) < 4.78 is 3.78. The topological polar surface area (TPSA) is 47.1 Å². The minimum Gasteiger partial charge on any atom is -0.388 e. The first kappa shape index (κ1) is 9.89. The third kappa shape index (κ3) is 1.65. The van der Waals surface area contributed by atoms with Crippen molar-refractivity contribution in [2.45, 2.75) is 0 Å². The third-order valence-electron chi connectivity index (χ3n) is 2.75. The van der Waals surface area contributed by atoms with Crippen LogP contribution in [0.25, 0.3) is 16.9 Å². The molecular weight excluding hydrogens is 214 g/mol. The van der Waals surface area contributed by atoms with Gasteiger partial charge in [-0.1, -0.05) is 0 Å². The maximum atomic E-state index is 4.57. The average molecular weight is 227 g/mol. The number of nitrogens with zero attached hydrogens (tertiary/aromatic N) is 4. The van der Waals surface area contributed by atoms with Gasteiger partial charge in [0.1, 0.15) is 5.65 Å². The van der Waals surface area contributed by atoms with Crippen molar-refractivity contribution >= 4 is 11.3 Å². The second kappa shape index (κ2) is 3.62. The zero-order chi connectivity index (χ0) is 11.8. The number of fused-ring (bicyclic) bond motifs is 1. The molecule has 0 bridgehead atoms. The molecule has 0 spiro atoms. The SMILES string of the molecule is CNc1ccn2cc(-c3cnn(C)c3)nc2c1. The number of nitrogens with one attached hydrogen (secondary N) is 1. The Balaban J connectivity index is 2.13. The molecule has 0 aromatic carbocycles. The van der Waals surface area contributed by atoms with Crippen LogP contribution >= 0.6 is 0 Å². The molecule has 1 N–H and O–H groups in total. The van der Waals surface area contributed by atoms with Crippen LogP contribution in [-0.4, -0.2) is 26.2 Å². The number of anilines is 1. The van der Waals surface area contributed by atoms with E-state index >= 15 is 0 Å². The van der Waals surface area contributed by atoms with Gasteiger partial charge >= 0.3 is 0 Å². The van der Waals surface area contributed by atoms with E-state index in [9.17, 15) is 0 Å². The lowest BCUT2D eigenvalue weighted by molar-refractivity contribution is 0.768. The number of pyridine rings is 1. The first-order valence-corrected chi connectivity index (χ1v) is 5.42. The van der Waals surface area contributed by atoms with E-state index in [-0.39, 0.29) is 0 Å². The Morgan fingerprint density at radius 3 is 2.88 bits per heavy atom. The smallest absolute Gasteiger partial charge is 0.139 e. The molecule has 0 atom stereocenters. The highest BCUT2D eigenvalue weighted by atomic mass is 15.2. The molecule has 0 radical (unpaired) electrons. The highest BCUT2D eigenvalue weighted by molar-refractivity contribution is 5.63. The monoisotopic (exact) mass is 227 g/mol. The van der Waals surface area contributed by atoms with Gasteiger partial charge in [-0.2, -0.15) is 5.10 Å². The van der Waals surface area contributed by atoms with Gasteiger partial charge in [-0.25, -0.2) is 4.98 Å². The molecule has 0 aliphatic heterocycles. The number of imidazole rings is 1. The van der Waals surface area contributed by atoms with Crippen molar-refractivity contribution < 1.29 is 0 Å². The van der Waals surface area contributed by atoms with Gasteiger partial charge in [0.25, 0.3) is 0 Å². The molecule has 0 aliphatic carbocycles. The summed E-state index contributed by atoms with van der Waals surface area (Å²) in [6, 6.07) is 4.03. The van der Waals surface area contributed by atoms with E-state index in [2.05, 4.69) is 15.4 Å². The first-order chi connectivity index (χ1) is 8.26. The van der Waals surface area contributed by atoms with Crippen molar-refractivity contribution in [2.75, 3.05) is 12.4 Å². The summed E-state index contributed by atoms with van der Waals surface area (Å²) in [4.78, 5) is 4.57. The molecule has 3 aromatic heterocycles. The largest absolute Gasteiger partial charge is 0.388 e. The highest BCUT2D eigenvalue weighted by Crippen LogP contribution is 2.19. The molecule has 0 saturated heterocycles. The standard InChI is InChI=1S/C12H13N5/c1-13-10-3-4-17-8-11(15-12(17)5-10)9-6-14-16(2)7-9/h3-8,13H,1-2H3. The van der Waals surface area contributed by atoms with Gasteiger partial charge in [-0.05, 0) is 6.07 Å². The fourth-order valence-electron chi connectivity index (χ4n) is 1.83. The highest BCUT2D eigenvalue weighted by Gasteiger charge is 2.06. The van der Waals surface area contributed by atoms with Crippen molar-refractivity contribution in [1.82, 2.24) is 19.2 Å². The van der Waals surface area contributed by atoms with Crippen molar-refractivity contribution in [3.8, 4) is 11.3 Å². The van der Waals surface area contributed by atoms with Crippen LogP contribution in [0.4, 0.5) is 5.69 Å². The van der Waals surface area contributed by atoms with Gasteiger partial charge in [-0.3, -0.25) is 4.68 Å². The van der Waals surface area contributed by atoms with Crippen molar-refractivity contribution in [3.05, 3.63) is 36.9 Å². The minimum atomic E-state index is 0.927. The van der Waals surface area contributed by atoms with Gasteiger partial charge in [-0.15, -0.1) is 0 Å². The van der Waals surface area contributed by atoms with E-state index in [0.29, 0.717) is 0 Å². The van der Waals surface area contributed by atoms with E-state index in [1.54, 1.807) is 4.68 Å². The molecule has 0 fully saturated rings. The maximum Gasteiger partial charge on any atom is 0.139 e. The number of rotatable bonds is 2. The average Bonchev–Trinajstić information content (AvgIpc) is 2.93. The van der Waals surface area contributed by atoms with Crippen LogP contribution in [0.2, 0.25) is 0 Å². The second-order valence-electron chi connectivity index (χ2n) is 3.96. The van der Waals surface area contributed by atoms with Gasteiger partial charge in [0.15, 0.2) is 0 Å². The van der Waals surface area contributed by atoms with E-state index in [0.717, 1.165) is 22.6 Å². The lowest BCUT2D eigenvalue weighted by atomic mass is 10.3. The Morgan fingerprint density at radius 2 is 2.18 bits per heavy atom. The molecule has 3 rings (SSSR count). The Hall–Kier alpha value is -2.30. The van der Waals surface area contributed by atoms with E-state index < -0.39 is 0 Å². The van der Waals surface area contributed by atoms with Crippen LogP contribution in [-0.2, 0) is 7.05 Å². The summed E-state index contributed by atoms with van der Waals surface area (Å²) >= 11 is 0. The molecule has 0 amide bonds. The zero-order valence-electron chi connectivity index (χ0n) is 9.75. The predicted molar refractivity (Wildman–Crippen MR) is 66.9 cm³/mol. The van der Waals surface area contributed by atoms with E-state index in [1.807, 2.05) is 55.4 Å². The summed E-state index contributed by atoms with van der Waals surface area (Å²) in [5.74, 6) is 0. The Kier molecular flexibility index (Phi) is 2.11. The quantitative estimate of drug-likeness (QED) is 0.726. The molecule has 17 heavy (non-hydrogen) atoms. The molecule has 3 heterocycles. The summed E-state index contributed by atoms with van der Waals surface area (Å²) in [6.45, 7) is 0. The van der Waals surface area contributed by atoms with Crippen molar-refractivity contribution in [2.24, 2.45) is 7.05 Å². The minimum absolute atomic E-state index is 0.927. The number of aryl methyl sites for hydroxylation is 1. The molecule has 0 saturated carbocycles. The number of hydrogen-bond donors (Lipinski definition) is 1. The van der Waals surface area contributed by atoms with Gasteiger partial charge in [0, 0.05) is 50.0 Å². The molecule has 0 unspecified atom stereocenters. The third-order valence-corrected chi connectivity index (χ3v) is 2.75. The van der Waals surface area contributed by atoms with Crippen LogP contribution < -0.4 is 5.32 Å². The summed E-state index contributed by atoms with van der Waals surface area (Å²) in [7, 11) is 3.80. The van der Waals surface area contributed by atoms with Crippen molar-refractivity contribution in [1.29, 1.82) is 0 Å². The number of aromatic nitrogens is 4. The lowest BCUT2D eigenvalue weighted by Crippen LogP contribution is -1.89. The Labute approximate surface area is 98.7 Å². The molecule has 3 aromatic rings. The van der Waals surface area contributed by atoms with Crippen LogP contribution in [0.5, 0.6) is 0 Å². The second-order valence-corrected chi connectivity index (χ2v) is 3.96.